The maximum absolute atomic E-state index is 12.4. The van der Waals surface area contributed by atoms with Crippen molar-refractivity contribution in [3.63, 3.8) is 0 Å². The Morgan fingerprint density at radius 2 is 1.97 bits per heavy atom. The summed E-state index contributed by atoms with van der Waals surface area (Å²) in [7, 11) is 0. The zero-order valence-corrected chi connectivity index (χ0v) is 17.5. The zero-order valence-electron chi connectivity index (χ0n) is 16.8. The first-order valence-electron chi connectivity index (χ1n) is 10.7. The van der Waals surface area contributed by atoms with Gasteiger partial charge < -0.3 is 19.9 Å². The van der Waals surface area contributed by atoms with Crippen LogP contribution >= 0.6 is 11.6 Å². The number of nitrogens with one attached hydrogen (secondary N) is 1. The molecule has 3 fully saturated rings. The van der Waals surface area contributed by atoms with Crippen LogP contribution in [-0.2, 0) is 20.8 Å². The van der Waals surface area contributed by atoms with E-state index in [-0.39, 0.29) is 24.2 Å². The molecule has 0 unspecified atom stereocenters. The topological polar surface area (TPSA) is 71.0 Å². The van der Waals surface area contributed by atoms with E-state index >= 15 is 0 Å². The number of hydrogen-bond acceptors (Lipinski definition) is 5. The van der Waals surface area contributed by atoms with E-state index in [0.29, 0.717) is 37.7 Å². The van der Waals surface area contributed by atoms with E-state index in [1.54, 1.807) is 0 Å². The van der Waals surface area contributed by atoms with Crippen LogP contribution in [0.25, 0.3) is 0 Å². The van der Waals surface area contributed by atoms with E-state index in [0.717, 1.165) is 30.9 Å². The Bertz CT molecular complexity index is 682. The predicted octanol–water partition coefficient (Wildman–Crippen LogP) is 2.37. The molecule has 0 bridgehead atoms. The van der Waals surface area contributed by atoms with Crippen molar-refractivity contribution in [2.45, 2.75) is 63.0 Å². The van der Waals surface area contributed by atoms with Crippen molar-refractivity contribution in [2.75, 3.05) is 26.3 Å². The number of carbonyl (C=O) groups is 1. The largest absolute Gasteiger partial charge is 0.389 e. The highest BCUT2D eigenvalue weighted by atomic mass is 35.5. The van der Waals surface area contributed by atoms with Crippen LogP contribution in [0.15, 0.2) is 24.3 Å². The third-order valence-electron chi connectivity index (χ3n) is 6.09. The van der Waals surface area contributed by atoms with Gasteiger partial charge in [0.2, 0.25) is 5.91 Å². The fourth-order valence-electron chi connectivity index (χ4n) is 4.37. The van der Waals surface area contributed by atoms with E-state index < -0.39 is 6.10 Å². The second-order valence-corrected chi connectivity index (χ2v) is 9.07. The summed E-state index contributed by atoms with van der Waals surface area (Å²) in [6.45, 7) is 3.00. The number of fused-ring (bicyclic) bond motifs is 1. The highest BCUT2D eigenvalue weighted by Gasteiger charge is 2.39. The van der Waals surface area contributed by atoms with Gasteiger partial charge in [-0.2, -0.15) is 0 Å². The normalized spacial score (nSPS) is 30.8. The van der Waals surface area contributed by atoms with Crippen LogP contribution in [-0.4, -0.2) is 66.6 Å². The third kappa shape index (κ3) is 6.15. The van der Waals surface area contributed by atoms with Gasteiger partial charge in [0.25, 0.3) is 0 Å². The molecule has 4 atom stereocenters. The van der Waals surface area contributed by atoms with Crippen molar-refractivity contribution in [3.05, 3.63) is 34.9 Å². The molecule has 0 spiro atoms. The molecule has 1 aromatic rings. The summed E-state index contributed by atoms with van der Waals surface area (Å²) >= 11 is 5.90. The summed E-state index contributed by atoms with van der Waals surface area (Å²) in [5, 5.41) is 13.8. The number of hydrogen-bond donors (Lipinski definition) is 2. The van der Waals surface area contributed by atoms with Gasteiger partial charge in [0.15, 0.2) is 0 Å². The molecule has 4 rings (SSSR count). The minimum atomic E-state index is -0.439. The van der Waals surface area contributed by atoms with Crippen LogP contribution in [0.4, 0.5) is 0 Å². The lowest BCUT2D eigenvalue weighted by molar-refractivity contribution is -0.157. The lowest BCUT2D eigenvalue weighted by Gasteiger charge is -2.44. The second-order valence-electron chi connectivity index (χ2n) is 8.64. The quantitative estimate of drug-likeness (QED) is 0.736. The Labute approximate surface area is 177 Å². The molecule has 1 aliphatic carbocycles. The molecule has 0 aromatic heterocycles. The van der Waals surface area contributed by atoms with Gasteiger partial charge in [-0.05, 0) is 49.3 Å². The molecule has 0 radical (unpaired) electrons. The monoisotopic (exact) mass is 422 g/mol. The lowest BCUT2D eigenvalue weighted by atomic mass is 9.94. The van der Waals surface area contributed by atoms with Gasteiger partial charge >= 0.3 is 0 Å². The zero-order chi connectivity index (χ0) is 20.2. The van der Waals surface area contributed by atoms with Crippen molar-refractivity contribution in [2.24, 2.45) is 5.92 Å². The molecule has 160 valence electrons. The summed E-state index contributed by atoms with van der Waals surface area (Å²) in [5.41, 5.74) is 1.02. The average molecular weight is 423 g/mol. The Morgan fingerprint density at radius 3 is 2.72 bits per heavy atom. The smallest absolute Gasteiger partial charge is 0.222 e. The molecule has 2 aliphatic heterocycles. The fourth-order valence-corrected chi connectivity index (χ4v) is 4.50. The molecule has 2 N–H and O–H groups in total. The van der Waals surface area contributed by atoms with Gasteiger partial charge in [-0.1, -0.05) is 23.7 Å². The number of halogens is 1. The van der Waals surface area contributed by atoms with Crippen LogP contribution in [0.5, 0.6) is 0 Å². The van der Waals surface area contributed by atoms with Crippen LogP contribution in [0, 0.1) is 5.92 Å². The first-order chi connectivity index (χ1) is 14.1. The molecule has 2 saturated heterocycles. The number of carbonyl (C=O) groups excluding carboxylic acids is 1. The first-order valence-corrected chi connectivity index (χ1v) is 11.1. The van der Waals surface area contributed by atoms with Crippen molar-refractivity contribution in [3.8, 4) is 0 Å². The molecule has 1 saturated carbocycles. The second kappa shape index (κ2) is 9.75. The number of aliphatic hydroxyl groups excluding tert-OH is 1. The summed E-state index contributed by atoms with van der Waals surface area (Å²) in [6.07, 6.45) is 4.21. The molecule has 3 aliphatic rings. The standard InChI is InChI=1S/C22H31ClN2O4/c23-17-5-3-15(4-6-17)10-24-22(27)9-19-7-8-20-21(29-19)14-28-13-18(26)12-25(20)11-16-1-2-16/h3-6,16,18-21,26H,1-2,7-14H2,(H,24,27)/t18-,19-,20-,21+/m0/s1. The number of β-amino-alcohol motifs (C(OH)–C–C–N with tert-alkyl or cyclic N) is 1. The number of aliphatic hydroxyl groups is 1. The third-order valence-corrected chi connectivity index (χ3v) is 6.35. The van der Waals surface area contributed by atoms with Gasteiger partial charge in [-0.3, -0.25) is 9.69 Å². The van der Waals surface area contributed by atoms with Crippen LogP contribution in [0.1, 0.15) is 37.7 Å². The van der Waals surface area contributed by atoms with E-state index in [1.807, 2.05) is 24.3 Å². The Hall–Kier alpha value is -1.18. The van der Waals surface area contributed by atoms with E-state index in [2.05, 4.69) is 10.2 Å². The Kier molecular flexibility index (Phi) is 7.08. The first kappa shape index (κ1) is 21.1. The highest BCUT2D eigenvalue weighted by molar-refractivity contribution is 6.30. The summed E-state index contributed by atoms with van der Waals surface area (Å²) in [6, 6.07) is 7.75. The summed E-state index contributed by atoms with van der Waals surface area (Å²) in [5.74, 6) is 0.764. The maximum Gasteiger partial charge on any atom is 0.222 e. The van der Waals surface area contributed by atoms with Crippen LogP contribution < -0.4 is 5.32 Å². The molecule has 1 aromatic carbocycles. The van der Waals surface area contributed by atoms with Crippen molar-refractivity contribution in [1.82, 2.24) is 10.2 Å². The van der Waals surface area contributed by atoms with Crippen molar-refractivity contribution < 1.29 is 19.4 Å². The number of rotatable bonds is 6. The van der Waals surface area contributed by atoms with Gasteiger partial charge in [-0.15, -0.1) is 0 Å². The predicted molar refractivity (Wildman–Crippen MR) is 111 cm³/mol. The van der Waals surface area contributed by atoms with Gasteiger partial charge in [0.05, 0.1) is 37.9 Å². The lowest BCUT2D eigenvalue weighted by Crippen LogP contribution is -2.56. The molecular weight excluding hydrogens is 392 g/mol. The molecular formula is C22H31ClN2O4. The van der Waals surface area contributed by atoms with E-state index in [1.165, 1.54) is 12.8 Å². The molecule has 1 amide bonds. The summed E-state index contributed by atoms with van der Waals surface area (Å²) in [4.78, 5) is 14.8. The highest BCUT2D eigenvalue weighted by Crippen LogP contribution is 2.34. The minimum absolute atomic E-state index is 0.000390. The molecule has 29 heavy (non-hydrogen) atoms. The van der Waals surface area contributed by atoms with Gasteiger partial charge in [-0.25, -0.2) is 0 Å². The number of nitrogens with zero attached hydrogens (tertiary/aromatic N) is 1. The fraction of sp³-hybridized carbons (Fsp3) is 0.682. The Balaban J connectivity index is 1.28. The average Bonchev–Trinajstić information content (AvgIpc) is 3.50. The summed E-state index contributed by atoms with van der Waals surface area (Å²) < 4.78 is 12.0. The van der Waals surface area contributed by atoms with Gasteiger partial charge in [0.1, 0.15) is 0 Å². The molecule has 6 nitrogen and oxygen atoms in total. The number of ether oxygens (including phenoxy) is 2. The molecule has 7 heteroatoms. The van der Waals surface area contributed by atoms with Gasteiger partial charge in [0, 0.05) is 30.7 Å². The molecule has 2 heterocycles. The number of amides is 1. The SMILES string of the molecule is O=C(C[C@@H]1CC[C@H]2[C@@H](COC[C@@H](O)CN2CC2CC2)O1)NCc1ccc(Cl)cc1. The maximum atomic E-state index is 12.4. The van der Waals surface area contributed by atoms with Crippen LogP contribution in [0.2, 0.25) is 5.02 Å². The Morgan fingerprint density at radius 1 is 1.17 bits per heavy atom. The van der Waals surface area contributed by atoms with Crippen molar-refractivity contribution in [1.29, 1.82) is 0 Å². The van der Waals surface area contributed by atoms with E-state index in [9.17, 15) is 9.90 Å². The van der Waals surface area contributed by atoms with Crippen molar-refractivity contribution >= 4 is 17.5 Å². The minimum Gasteiger partial charge on any atom is -0.389 e. The number of benzene rings is 1. The van der Waals surface area contributed by atoms with Crippen LogP contribution in [0.3, 0.4) is 0 Å². The van der Waals surface area contributed by atoms with E-state index in [4.69, 9.17) is 21.1 Å².